The Hall–Kier alpha value is -2.33. The van der Waals surface area contributed by atoms with E-state index in [0.29, 0.717) is 10.8 Å². The third-order valence-electron chi connectivity index (χ3n) is 8.17. The molecule has 6 aromatic rings. The van der Waals surface area contributed by atoms with Crippen molar-refractivity contribution in [3.8, 4) is 0 Å². The first-order valence-corrected chi connectivity index (χ1v) is 19.9. The number of halogens is 2. The molecule has 0 N–H and O–H groups in total. The fraction of sp³-hybridized carbons (Fsp3) is 0.217. The van der Waals surface area contributed by atoms with E-state index in [0.717, 1.165) is 12.8 Å². The number of hydrogen-bond acceptors (Lipinski definition) is 0. The van der Waals surface area contributed by atoms with Crippen LogP contribution in [0.5, 0.6) is 0 Å². The predicted octanol–water partition coefficient (Wildman–Crippen LogP) is 6.81. The van der Waals surface area contributed by atoms with E-state index in [1.807, 2.05) is 0 Å². The minimum atomic E-state index is 0. The average molecular weight is 854 g/mol. The van der Waals surface area contributed by atoms with E-state index < -0.39 is 0 Å². The number of rotatable bonds is 0. The van der Waals surface area contributed by atoms with E-state index in [-0.39, 0.29) is 24.8 Å². The summed E-state index contributed by atoms with van der Waals surface area (Å²) in [6.45, 7) is 13.3. The van der Waals surface area contributed by atoms with Crippen molar-refractivity contribution >= 4 is 51.5 Å². The van der Waals surface area contributed by atoms with Crippen LogP contribution in [-0.2, 0) is 48.5 Å². The van der Waals surface area contributed by atoms with E-state index in [1.165, 1.54) is 103 Å². The van der Waals surface area contributed by atoms with Crippen LogP contribution in [0.25, 0.3) is 43.1 Å². The molecule has 2 aliphatic rings. The van der Waals surface area contributed by atoms with E-state index in [1.54, 1.807) is 0 Å². The Balaban J connectivity index is 0.000000323. The van der Waals surface area contributed by atoms with Crippen LogP contribution < -0.4 is 24.8 Å². The van der Waals surface area contributed by atoms with E-state index in [2.05, 4.69) is 196 Å². The molecule has 0 amide bonds. The van der Waals surface area contributed by atoms with Gasteiger partial charge in [-0.25, -0.2) is 12.2 Å². The van der Waals surface area contributed by atoms with Gasteiger partial charge in [0.2, 0.25) is 0 Å². The Morgan fingerprint density at radius 1 is 0.460 bits per heavy atom. The summed E-state index contributed by atoms with van der Waals surface area (Å²) in [4.78, 5) is 0. The fourth-order valence-corrected chi connectivity index (χ4v) is 5.65. The van der Waals surface area contributed by atoms with Crippen molar-refractivity contribution in [3.63, 3.8) is 0 Å². The Bertz CT molecular complexity index is 1770. The van der Waals surface area contributed by atoms with Gasteiger partial charge in [0.05, 0.1) is 0 Å². The number of allylic oxidation sites excluding steroid dienone is 8. The van der Waals surface area contributed by atoms with Crippen LogP contribution in [0.1, 0.15) is 54.4 Å². The summed E-state index contributed by atoms with van der Waals surface area (Å²) in [5.41, 5.74) is 3.48. The zero-order chi connectivity index (χ0) is 35.2. The number of fused-ring (bicyclic) bond motifs is 6. The van der Waals surface area contributed by atoms with Gasteiger partial charge in [-0.1, -0.05) is 125 Å². The monoisotopic (exact) mass is 850 g/mol. The topological polar surface area (TPSA) is 0 Å². The molecule has 256 valence electrons. The van der Waals surface area contributed by atoms with Crippen molar-refractivity contribution in [2.75, 3.05) is 0 Å². The second-order valence-corrected chi connectivity index (χ2v) is 13.6. The normalized spacial score (nSPS) is 12.6. The maximum absolute atomic E-state index is 3.34. The molecule has 0 spiro atoms. The Morgan fingerprint density at radius 2 is 0.700 bits per heavy atom. The molecular formula is C46H48Cl2Zr2-2. The molecule has 0 bridgehead atoms. The molecule has 0 nitrogen and oxygen atoms in total. The SMILES string of the molecule is CC(C)(C)C1=CC[C-]=C1.CC(C)(C)C1=CC[C-]=C1.[CH2]=[Zr+2].[CH2]=[Zr+2].[Cl-].[Cl-].c1ccc2c(c1)[cH-]c1ccccc12.c1ccc2c(c1)[cH-]c1ccccc12. The van der Waals surface area contributed by atoms with Gasteiger partial charge >= 0.3 is 56.9 Å². The molecule has 0 saturated heterocycles. The van der Waals surface area contributed by atoms with Crippen LogP contribution in [0, 0.1) is 23.0 Å². The van der Waals surface area contributed by atoms with Crippen LogP contribution in [0.2, 0.25) is 0 Å². The number of benzene rings is 4. The van der Waals surface area contributed by atoms with Gasteiger partial charge in [0, 0.05) is 0 Å². The van der Waals surface area contributed by atoms with Crippen LogP contribution in [0.3, 0.4) is 0 Å². The van der Waals surface area contributed by atoms with E-state index in [4.69, 9.17) is 0 Å². The molecule has 0 saturated carbocycles. The molecule has 50 heavy (non-hydrogen) atoms. The molecule has 2 aliphatic carbocycles. The molecule has 6 aromatic carbocycles. The summed E-state index contributed by atoms with van der Waals surface area (Å²) in [5, 5.41) is 10.8. The van der Waals surface area contributed by atoms with Crippen molar-refractivity contribution in [1.82, 2.24) is 0 Å². The van der Waals surface area contributed by atoms with Crippen LogP contribution in [0.15, 0.2) is 145 Å². The van der Waals surface area contributed by atoms with Gasteiger partial charge in [0.25, 0.3) is 0 Å². The summed E-state index contributed by atoms with van der Waals surface area (Å²) in [6.07, 6.45) is 17.0. The Morgan fingerprint density at radius 3 is 0.880 bits per heavy atom. The van der Waals surface area contributed by atoms with E-state index >= 15 is 0 Å². The number of hydrogen-bond donors (Lipinski definition) is 0. The van der Waals surface area contributed by atoms with Crippen LogP contribution in [0.4, 0.5) is 0 Å². The predicted molar refractivity (Wildman–Crippen MR) is 208 cm³/mol. The summed E-state index contributed by atoms with van der Waals surface area (Å²) >= 11 is 2.60. The van der Waals surface area contributed by atoms with Gasteiger partial charge in [-0.2, -0.15) is 23.3 Å². The van der Waals surface area contributed by atoms with Crippen molar-refractivity contribution in [3.05, 3.63) is 157 Å². The first-order chi connectivity index (χ1) is 23.1. The van der Waals surface area contributed by atoms with Crippen LogP contribution in [-0.4, -0.2) is 8.42 Å². The molecule has 8 rings (SSSR count). The average Bonchev–Trinajstić information content (AvgIpc) is 3.93. The molecule has 0 aliphatic heterocycles. The standard InChI is InChI=1S/2C13H9.2C9H13.2CH2.2ClH.2Zr/c2*1-3-7-12-10(5-1)9-11-6-2-4-8-13(11)12;2*1-9(2,3)8-6-4-5-7-8;;;;;;/h2*1-9H;2*6-7H,4H2,1-3H3;2*1H2;2*1H;;/q4*-1;;;;;2*+2/p-2. The zero-order valence-corrected chi connectivity index (χ0v) is 36.7. The first-order valence-electron chi connectivity index (χ1n) is 16.4. The van der Waals surface area contributed by atoms with Crippen molar-refractivity contribution in [2.45, 2.75) is 54.4 Å². The molecule has 0 heterocycles. The smallest absolute Gasteiger partial charge is 0.0771 e. The van der Waals surface area contributed by atoms with Gasteiger partial charge in [-0.3, -0.25) is 12.2 Å². The minimum Gasteiger partial charge on any atom is -1.00 e. The maximum Gasteiger partial charge on any atom is -0.0771 e. The van der Waals surface area contributed by atoms with Gasteiger partial charge in [-0.15, -0.1) is 92.3 Å². The quantitative estimate of drug-likeness (QED) is 0.148. The van der Waals surface area contributed by atoms with Gasteiger partial charge in [0.1, 0.15) is 0 Å². The summed E-state index contributed by atoms with van der Waals surface area (Å²) in [5.74, 6) is 0. The molecule has 0 atom stereocenters. The Labute approximate surface area is 343 Å². The zero-order valence-electron chi connectivity index (χ0n) is 30.3. The molecule has 0 unspecified atom stereocenters. The second kappa shape index (κ2) is 22.6. The minimum absolute atomic E-state index is 0. The summed E-state index contributed by atoms with van der Waals surface area (Å²) < 4.78 is 6.68. The molecular weight excluding hydrogens is 806 g/mol. The fourth-order valence-electron chi connectivity index (χ4n) is 5.65. The first kappa shape index (κ1) is 45.7. The van der Waals surface area contributed by atoms with Crippen molar-refractivity contribution in [2.24, 2.45) is 10.8 Å². The van der Waals surface area contributed by atoms with Crippen molar-refractivity contribution < 1.29 is 73.3 Å². The van der Waals surface area contributed by atoms with Crippen molar-refractivity contribution in [1.29, 1.82) is 0 Å². The molecule has 0 aromatic heterocycles. The molecule has 4 heteroatoms. The third-order valence-corrected chi connectivity index (χ3v) is 8.17. The largest absolute Gasteiger partial charge is 1.00 e. The van der Waals surface area contributed by atoms with Gasteiger partial charge in [0.15, 0.2) is 0 Å². The Kier molecular flexibility index (Phi) is 20.6. The van der Waals surface area contributed by atoms with Gasteiger partial charge < -0.3 is 24.8 Å². The summed E-state index contributed by atoms with van der Waals surface area (Å²) in [7, 11) is 0. The van der Waals surface area contributed by atoms with Gasteiger partial charge in [-0.05, 0) is 0 Å². The third kappa shape index (κ3) is 13.0. The van der Waals surface area contributed by atoms with E-state index in [9.17, 15) is 0 Å². The summed E-state index contributed by atoms with van der Waals surface area (Å²) in [6, 6.07) is 38.5. The maximum atomic E-state index is 3.34. The van der Waals surface area contributed by atoms with Crippen LogP contribution >= 0.6 is 0 Å². The molecule has 0 radical (unpaired) electrons. The molecule has 0 fully saturated rings. The second-order valence-electron chi connectivity index (χ2n) is 13.6.